The van der Waals surface area contributed by atoms with E-state index in [-0.39, 0.29) is 39.0 Å². The maximum Gasteiger partial charge on any atom is 0.439 e. The maximum atomic E-state index is 14.6. The van der Waals surface area contributed by atoms with Gasteiger partial charge in [-0.15, -0.1) is 0 Å². The van der Waals surface area contributed by atoms with E-state index < -0.39 is 34.4 Å². The van der Waals surface area contributed by atoms with Crippen molar-refractivity contribution in [1.82, 2.24) is 15.1 Å². The van der Waals surface area contributed by atoms with E-state index in [1.807, 2.05) is 6.92 Å². The zero-order valence-corrected chi connectivity index (χ0v) is 20.5. The zero-order valence-electron chi connectivity index (χ0n) is 19.8. The van der Waals surface area contributed by atoms with E-state index in [2.05, 4.69) is 25.0 Å². The molecule has 11 heteroatoms. The van der Waals surface area contributed by atoms with Crippen LogP contribution in [0.2, 0.25) is 5.15 Å². The van der Waals surface area contributed by atoms with E-state index in [0.717, 1.165) is 17.7 Å². The van der Waals surface area contributed by atoms with E-state index in [4.69, 9.17) is 16.0 Å². The maximum absolute atomic E-state index is 14.6. The molecule has 0 amide bonds. The third kappa shape index (κ3) is 4.40. The summed E-state index contributed by atoms with van der Waals surface area (Å²) in [4.78, 5) is 31.5. The number of aromatic nitrogens is 3. The number of aryl methyl sites for hydroxylation is 1. The molecule has 1 atom stereocenters. The quantitative estimate of drug-likeness (QED) is 0.274. The lowest BCUT2D eigenvalue weighted by atomic mass is 9.98. The van der Waals surface area contributed by atoms with Crippen LogP contribution in [0.25, 0.3) is 33.8 Å². The van der Waals surface area contributed by atoms with Gasteiger partial charge >= 0.3 is 5.76 Å². The van der Waals surface area contributed by atoms with Crippen LogP contribution in [-0.4, -0.2) is 15.1 Å². The van der Waals surface area contributed by atoms with Crippen LogP contribution in [0.4, 0.5) is 14.5 Å². The summed E-state index contributed by atoms with van der Waals surface area (Å²) in [5.74, 6) is -2.56. The first-order valence-electron chi connectivity index (χ1n) is 11.2. The van der Waals surface area contributed by atoms with Gasteiger partial charge in [-0.05, 0) is 56.7 Å². The molecule has 8 nitrogen and oxygen atoms in total. The lowest BCUT2D eigenvalue weighted by Gasteiger charge is -2.20. The first kappa shape index (κ1) is 24.4. The molecule has 0 aliphatic carbocycles. The van der Waals surface area contributed by atoms with Crippen LogP contribution in [0.1, 0.15) is 29.7 Å². The number of nitrogens with zero attached hydrogens (tertiary/aromatic N) is 2. The molecule has 2 aromatic carbocycles. The molecule has 3 heterocycles. The summed E-state index contributed by atoms with van der Waals surface area (Å²) in [7, 11) is 0. The van der Waals surface area contributed by atoms with Crippen LogP contribution < -0.4 is 16.5 Å². The second-order valence-corrected chi connectivity index (χ2v) is 8.94. The highest BCUT2D eigenvalue weighted by Gasteiger charge is 2.23. The third-order valence-corrected chi connectivity index (χ3v) is 6.16. The lowest BCUT2D eigenvalue weighted by Crippen LogP contribution is -2.13. The van der Waals surface area contributed by atoms with Crippen LogP contribution in [0.5, 0.6) is 0 Å². The van der Waals surface area contributed by atoms with Crippen molar-refractivity contribution in [2.24, 2.45) is 0 Å². The summed E-state index contributed by atoms with van der Waals surface area (Å²) in [6.07, 6.45) is 0. The van der Waals surface area contributed by atoms with Crippen LogP contribution in [0.3, 0.4) is 0 Å². The molecule has 0 fully saturated rings. The monoisotopic (exact) mass is 524 g/mol. The Balaban J connectivity index is 1.68. The largest absolute Gasteiger partial charge is 0.455 e. The van der Waals surface area contributed by atoms with Gasteiger partial charge in [0.1, 0.15) is 33.8 Å². The van der Waals surface area contributed by atoms with Gasteiger partial charge in [0.2, 0.25) is 5.82 Å². The second kappa shape index (κ2) is 9.29. The molecule has 37 heavy (non-hydrogen) atoms. The minimum Gasteiger partial charge on any atom is -0.455 e. The predicted molar refractivity (Wildman–Crippen MR) is 135 cm³/mol. The van der Waals surface area contributed by atoms with Gasteiger partial charge in [0.05, 0.1) is 22.7 Å². The minimum atomic E-state index is -0.844. The lowest BCUT2D eigenvalue weighted by molar-refractivity contribution is 0.388. The number of nitrogens with one attached hydrogen (secondary N) is 2. The van der Waals surface area contributed by atoms with Gasteiger partial charge in [-0.2, -0.15) is 0 Å². The van der Waals surface area contributed by atoms with Gasteiger partial charge < -0.3 is 9.73 Å². The summed E-state index contributed by atoms with van der Waals surface area (Å²) in [5.41, 5.74) is 1.47. The number of rotatable bonds is 5. The Labute approximate surface area is 212 Å². The fourth-order valence-corrected chi connectivity index (χ4v) is 4.37. The Bertz CT molecular complexity index is 1770. The SMILES string of the molecule is Cc1cc(C(C)Nc2ccc(Cl)nc2-c2noc(=O)[nH]2)c2oc(-c3c(F)cccc3F)c(C)c(=O)c2c1. The Morgan fingerprint density at radius 2 is 1.81 bits per heavy atom. The Morgan fingerprint density at radius 1 is 1.08 bits per heavy atom. The number of anilines is 1. The highest BCUT2D eigenvalue weighted by Crippen LogP contribution is 2.35. The second-order valence-electron chi connectivity index (χ2n) is 8.55. The summed E-state index contributed by atoms with van der Waals surface area (Å²) >= 11 is 6.06. The number of H-pyrrole nitrogens is 1. The fraction of sp³-hybridized carbons (Fsp3) is 0.154. The van der Waals surface area contributed by atoms with Crippen molar-refractivity contribution in [2.45, 2.75) is 26.8 Å². The molecule has 0 aliphatic rings. The molecule has 5 rings (SSSR count). The zero-order chi connectivity index (χ0) is 26.4. The van der Waals surface area contributed by atoms with Crippen LogP contribution in [-0.2, 0) is 0 Å². The number of aromatic amines is 1. The molecular formula is C26H19ClF2N4O4. The molecule has 2 N–H and O–H groups in total. The summed E-state index contributed by atoms with van der Waals surface area (Å²) < 4.78 is 39.9. The standard InChI is InChI=1S/C26H19ClF2N4O4/c1-11-9-14(13(3)30-18-7-8-19(27)31-21(18)25-32-26(35)37-33-25)24-15(10-11)22(34)12(2)23(36-24)20-16(28)5-4-6-17(20)29/h4-10,13,30H,1-3H3,(H,32,33,35). The molecule has 0 spiro atoms. The van der Waals surface area contributed by atoms with Gasteiger partial charge in [-0.3, -0.25) is 14.3 Å². The van der Waals surface area contributed by atoms with Crippen LogP contribution in [0, 0.1) is 25.5 Å². The van der Waals surface area contributed by atoms with Gasteiger partial charge in [-0.1, -0.05) is 28.9 Å². The number of benzene rings is 2. The number of halogens is 3. The molecule has 0 aliphatic heterocycles. The van der Waals surface area contributed by atoms with Crippen LogP contribution >= 0.6 is 11.6 Å². The molecule has 5 aromatic rings. The molecule has 0 saturated heterocycles. The highest BCUT2D eigenvalue weighted by atomic mass is 35.5. The first-order valence-corrected chi connectivity index (χ1v) is 11.5. The van der Waals surface area contributed by atoms with Crippen molar-refractivity contribution in [1.29, 1.82) is 0 Å². The molecule has 0 saturated carbocycles. The van der Waals surface area contributed by atoms with Gasteiger partial charge in [-0.25, -0.2) is 18.6 Å². The first-order chi connectivity index (χ1) is 17.6. The average Bonchev–Trinajstić information content (AvgIpc) is 3.29. The Hall–Kier alpha value is -4.31. The summed E-state index contributed by atoms with van der Waals surface area (Å²) in [6.45, 7) is 5.10. The van der Waals surface area contributed by atoms with E-state index in [1.165, 1.54) is 13.0 Å². The topological polar surface area (TPSA) is 114 Å². The highest BCUT2D eigenvalue weighted by molar-refractivity contribution is 6.29. The van der Waals surface area contributed by atoms with E-state index in [9.17, 15) is 18.4 Å². The normalized spacial score (nSPS) is 12.2. The van der Waals surface area contributed by atoms with Crippen molar-refractivity contribution in [3.05, 3.63) is 96.7 Å². The Kier molecular flexibility index (Phi) is 6.12. The van der Waals surface area contributed by atoms with Crippen molar-refractivity contribution < 1.29 is 17.7 Å². The summed E-state index contributed by atoms with van der Waals surface area (Å²) in [5, 5.41) is 7.38. The molecular weight excluding hydrogens is 506 g/mol. The Morgan fingerprint density at radius 3 is 2.49 bits per heavy atom. The van der Waals surface area contributed by atoms with E-state index in [1.54, 1.807) is 31.2 Å². The van der Waals surface area contributed by atoms with Crippen molar-refractivity contribution >= 4 is 28.3 Å². The average molecular weight is 525 g/mol. The fourth-order valence-electron chi connectivity index (χ4n) is 4.22. The predicted octanol–water partition coefficient (Wildman–Crippen LogP) is 5.92. The minimum absolute atomic E-state index is 0.0655. The van der Waals surface area contributed by atoms with Crippen molar-refractivity contribution in [3.8, 4) is 22.8 Å². The van der Waals surface area contributed by atoms with Crippen molar-refractivity contribution in [2.75, 3.05) is 5.32 Å². The number of hydrogen-bond donors (Lipinski definition) is 2. The molecule has 0 bridgehead atoms. The smallest absolute Gasteiger partial charge is 0.439 e. The number of fused-ring (bicyclic) bond motifs is 1. The van der Waals surface area contributed by atoms with Gasteiger partial charge in [0.25, 0.3) is 0 Å². The third-order valence-electron chi connectivity index (χ3n) is 5.95. The van der Waals surface area contributed by atoms with Crippen molar-refractivity contribution in [3.63, 3.8) is 0 Å². The molecule has 1 unspecified atom stereocenters. The molecule has 188 valence electrons. The molecule has 3 aromatic heterocycles. The number of pyridine rings is 1. The van der Waals surface area contributed by atoms with E-state index in [0.29, 0.717) is 11.3 Å². The molecule has 0 radical (unpaired) electrons. The van der Waals surface area contributed by atoms with Crippen LogP contribution in [0.15, 0.2) is 61.0 Å². The van der Waals surface area contributed by atoms with Gasteiger partial charge in [0, 0.05) is 11.1 Å². The van der Waals surface area contributed by atoms with E-state index >= 15 is 0 Å². The van der Waals surface area contributed by atoms with Gasteiger partial charge in [0.15, 0.2) is 5.43 Å². The number of hydrogen-bond acceptors (Lipinski definition) is 7. The summed E-state index contributed by atoms with van der Waals surface area (Å²) in [6, 6.07) is 9.61.